The van der Waals surface area contributed by atoms with Crippen molar-refractivity contribution >= 4 is 29.4 Å². The Bertz CT molecular complexity index is 926. The van der Waals surface area contributed by atoms with Crippen LogP contribution in [0.1, 0.15) is 38.2 Å². The van der Waals surface area contributed by atoms with E-state index < -0.39 is 0 Å². The number of carbonyl (C=O) groups excluding carboxylic acids is 1. The molecular weight excluding hydrogens is 404 g/mol. The van der Waals surface area contributed by atoms with Crippen LogP contribution in [0.25, 0.3) is 6.08 Å². The van der Waals surface area contributed by atoms with Gasteiger partial charge in [-0.05, 0) is 54.7 Å². The predicted molar refractivity (Wildman–Crippen MR) is 130 cm³/mol. The summed E-state index contributed by atoms with van der Waals surface area (Å²) in [5.74, 6) is 1.44. The number of nitrogens with zero attached hydrogens (tertiary/aromatic N) is 1. The SMILES string of the molecule is C=CCOc1ccc(/C=C2\SC(Nc3ccccc3)N([C@@H]3CCCC[C@@H]3C)C2=O)cc1. The molecule has 0 radical (unpaired) electrons. The third kappa shape index (κ3) is 5.16. The fraction of sp³-hybridized carbons (Fsp3) is 0.346. The van der Waals surface area contributed by atoms with Crippen LogP contribution in [0.3, 0.4) is 0 Å². The normalized spacial score (nSPS) is 24.9. The second-order valence-electron chi connectivity index (χ2n) is 8.20. The summed E-state index contributed by atoms with van der Waals surface area (Å²) in [4.78, 5) is 16.4. The lowest BCUT2D eigenvalue weighted by atomic mass is 9.85. The molecule has 1 N–H and O–H groups in total. The average Bonchev–Trinajstić information content (AvgIpc) is 3.09. The van der Waals surface area contributed by atoms with Gasteiger partial charge < -0.3 is 15.0 Å². The third-order valence-electron chi connectivity index (χ3n) is 5.97. The summed E-state index contributed by atoms with van der Waals surface area (Å²) in [6.07, 6.45) is 8.42. The van der Waals surface area contributed by atoms with Crippen LogP contribution in [0.5, 0.6) is 5.75 Å². The molecule has 5 heteroatoms. The van der Waals surface area contributed by atoms with Crippen LogP contribution in [0.2, 0.25) is 0 Å². The Balaban J connectivity index is 1.58. The second-order valence-corrected chi connectivity index (χ2v) is 9.32. The van der Waals surface area contributed by atoms with Gasteiger partial charge in [0.05, 0.1) is 4.91 Å². The lowest BCUT2D eigenvalue weighted by Gasteiger charge is -2.39. The predicted octanol–water partition coefficient (Wildman–Crippen LogP) is 6.14. The molecule has 31 heavy (non-hydrogen) atoms. The van der Waals surface area contributed by atoms with E-state index in [0.717, 1.165) is 28.3 Å². The summed E-state index contributed by atoms with van der Waals surface area (Å²) in [6.45, 7) is 6.44. The van der Waals surface area contributed by atoms with Crippen LogP contribution < -0.4 is 10.1 Å². The highest BCUT2D eigenvalue weighted by molar-refractivity contribution is 8.05. The van der Waals surface area contributed by atoms with Gasteiger partial charge in [-0.25, -0.2) is 0 Å². The summed E-state index contributed by atoms with van der Waals surface area (Å²) in [7, 11) is 0. The largest absolute Gasteiger partial charge is 0.490 e. The van der Waals surface area contributed by atoms with Gasteiger partial charge in [-0.15, -0.1) is 0 Å². The number of thioether (sulfide) groups is 1. The van der Waals surface area contributed by atoms with Crippen molar-refractivity contribution in [2.24, 2.45) is 5.92 Å². The Labute approximate surface area is 189 Å². The number of benzene rings is 2. The maximum atomic E-state index is 13.5. The summed E-state index contributed by atoms with van der Waals surface area (Å²) < 4.78 is 5.56. The number of para-hydroxylation sites is 1. The van der Waals surface area contributed by atoms with Crippen LogP contribution in [0.4, 0.5) is 5.69 Å². The number of hydrogen-bond donors (Lipinski definition) is 1. The fourth-order valence-corrected chi connectivity index (χ4v) is 5.55. The van der Waals surface area contributed by atoms with Crippen molar-refractivity contribution in [3.63, 3.8) is 0 Å². The Morgan fingerprint density at radius 1 is 1.13 bits per heavy atom. The number of hydrogen-bond acceptors (Lipinski definition) is 4. The quantitative estimate of drug-likeness (QED) is 0.420. The maximum absolute atomic E-state index is 13.5. The molecule has 2 fully saturated rings. The molecule has 1 aliphatic heterocycles. The highest BCUT2D eigenvalue weighted by Crippen LogP contribution is 2.42. The Kier molecular flexibility index (Phi) is 7.03. The number of anilines is 1. The van der Waals surface area contributed by atoms with E-state index in [1.165, 1.54) is 19.3 Å². The fourth-order valence-electron chi connectivity index (χ4n) is 4.33. The smallest absolute Gasteiger partial charge is 0.262 e. The number of nitrogens with one attached hydrogen (secondary N) is 1. The number of rotatable bonds is 7. The van der Waals surface area contributed by atoms with Gasteiger partial charge in [0.1, 0.15) is 12.4 Å². The molecule has 2 aliphatic rings. The molecule has 1 saturated heterocycles. The van der Waals surface area contributed by atoms with E-state index in [1.54, 1.807) is 17.8 Å². The van der Waals surface area contributed by atoms with Crippen LogP contribution in [0.15, 0.2) is 72.2 Å². The zero-order chi connectivity index (χ0) is 21.6. The van der Waals surface area contributed by atoms with Gasteiger partial charge in [0.15, 0.2) is 5.50 Å². The summed E-state index contributed by atoms with van der Waals surface area (Å²) in [5.41, 5.74) is 1.94. The van der Waals surface area contributed by atoms with Gasteiger partial charge in [0, 0.05) is 11.7 Å². The lowest BCUT2D eigenvalue weighted by Crippen LogP contribution is -2.48. The minimum Gasteiger partial charge on any atom is -0.490 e. The molecule has 2 aromatic carbocycles. The van der Waals surface area contributed by atoms with Crippen molar-refractivity contribution in [1.29, 1.82) is 0 Å². The first-order chi connectivity index (χ1) is 15.2. The molecule has 3 atom stereocenters. The summed E-state index contributed by atoms with van der Waals surface area (Å²) in [5, 5.41) is 3.59. The minimum atomic E-state index is -0.0955. The molecule has 0 bridgehead atoms. The first-order valence-electron chi connectivity index (χ1n) is 11.0. The van der Waals surface area contributed by atoms with E-state index in [-0.39, 0.29) is 17.4 Å². The molecule has 1 saturated carbocycles. The van der Waals surface area contributed by atoms with E-state index in [1.807, 2.05) is 48.5 Å². The molecule has 162 valence electrons. The van der Waals surface area contributed by atoms with E-state index in [2.05, 4.69) is 35.9 Å². The van der Waals surface area contributed by atoms with Gasteiger partial charge in [-0.3, -0.25) is 4.79 Å². The lowest BCUT2D eigenvalue weighted by molar-refractivity contribution is -0.129. The number of ether oxygens (including phenoxy) is 1. The molecule has 0 aromatic heterocycles. The molecule has 2 aromatic rings. The standard InChI is InChI=1S/C26H30N2O2S/c1-3-17-30-22-15-13-20(14-16-22)18-24-25(29)28(23-12-8-7-9-19(23)2)26(31-24)27-21-10-5-4-6-11-21/h3-6,10-11,13-16,18-19,23,26-27H,1,7-9,12,17H2,2H3/b24-18-/t19-,23+,26?/m0/s1. The molecule has 1 unspecified atom stereocenters. The molecule has 4 nitrogen and oxygen atoms in total. The summed E-state index contributed by atoms with van der Waals surface area (Å²) >= 11 is 1.61. The molecule has 0 spiro atoms. The maximum Gasteiger partial charge on any atom is 0.262 e. The van der Waals surface area contributed by atoms with E-state index in [0.29, 0.717) is 12.5 Å². The van der Waals surface area contributed by atoms with Crippen molar-refractivity contribution in [3.05, 3.63) is 77.7 Å². The monoisotopic (exact) mass is 434 g/mol. The Morgan fingerprint density at radius 3 is 2.58 bits per heavy atom. The van der Waals surface area contributed by atoms with Crippen LogP contribution in [0, 0.1) is 5.92 Å². The van der Waals surface area contributed by atoms with Gasteiger partial charge >= 0.3 is 0 Å². The van der Waals surface area contributed by atoms with Gasteiger partial charge in [-0.1, -0.05) is 74.5 Å². The van der Waals surface area contributed by atoms with Gasteiger partial charge in [0.2, 0.25) is 0 Å². The molecule has 4 rings (SSSR count). The van der Waals surface area contributed by atoms with Crippen molar-refractivity contribution in [2.75, 3.05) is 11.9 Å². The molecule has 1 heterocycles. The van der Waals surface area contributed by atoms with E-state index in [9.17, 15) is 4.79 Å². The average molecular weight is 435 g/mol. The van der Waals surface area contributed by atoms with E-state index >= 15 is 0 Å². The molecule has 1 amide bonds. The molecule has 1 aliphatic carbocycles. The van der Waals surface area contributed by atoms with Crippen molar-refractivity contribution in [3.8, 4) is 5.75 Å². The van der Waals surface area contributed by atoms with Crippen LogP contribution >= 0.6 is 11.8 Å². The third-order valence-corrected chi connectivity index (χ3v) is 7.08. The highest BCUT2D eigenvalue weighted by Gasteiger charge is 2.42. The van der Waals surface area contributed by atoms with Crippen molar-refractivity contribution in [2.45, 2.75) is 44.1 Å². The van der Waals surface area contributed by atoms with Crippen LogP contribution in [-0.2, 0) is 4.79 Å². The zero-order valence-electron chi connectivity index (χ0n) is 18.0. The Hall–Kier alpha value is -2.66. The first-order valence-corrected chi connectivity index (χ1v) is 11.9. The molecular formula is C26H30N2O2S. The van der Waals surface area contributed by atoms with E-state index in [4.69, 9.17) is 4.74 Å². The highest BCUT2D eigenvalue weighted by atomic mass is 32.2. The summed E-state index contributed by atoms with van der Waals surface area (Å²) in [6, 6.07) is 18.3. The Morgan fingerprint density at radius 2 is 1.87 bits per heavy atom. The van der Waals surface area contributed by atoms with Crippen molar-refractivity contribution in [1.82, 2.24) is 4.90 Å². The first kappa shape index (κ1) is 21.6. The zero-order valence-corrected chi connectivity index (χ0v) is 18.8. The number of carbonyl (C=O) groups is 1. The van der Waals surface area contributed by atoms with Crippen molar-refractivity contribution < 1.29 is 9.53 Å². The minimum absolute atomic E-state index is 0.0955. The number of amides is 1. The topological polar surface area (TPSA) is 41.6 Å². The van der Waals surface area contributed by atoms with Gasteiger partial charge in [0.25, 0.3) is 5.91 Å². The van der Waals surface area contributed by atoms with Crippen LogP contribution in [-0.4, -0.2) is 29.0 Å². The second kappa shape index (κ2) is 10.1. The van der Waals surface area contributed by atoms with Gasteiger partial charge in [-0.2, -0.15) is 0 Å².